The highest BCUT2D eigenvalue weighted by atomic mass is 35.5. The van der Waals surface area contributed by atoms with Crippen LogP contribution < -0.4 is 10.1 Å². The summed E-state index contributed by atoms with van der Waals surface area (Å²) in [5.41, 5.74) is 0.843. The summed E-state index contributed by atoms with van der Waals surface area (Å²) >= 11 is 5.93. The van der Waals surface area contributed by atoms with E-state index in [0.29, 0.717) is 37.0 Å². The van der Waals surface area contributed by atoms with Crippen LogP contribution in [-0.2, 0) is 14.6 Å². The molecule has 1 N–H and O–H groups in total. The number of ether oxygens (including phenoxy) is 1. The summed E-state index contributed by atoms with van der Waals surface area (Å²) in [6.45, 7) is 1.32. The molecule has 1 unspecified atom stereocenters. The van der Waals surface area contributed by atoms with Crippen LogP contribution in [0.25, 0.3) is 0 Å². The number of sulfone groups is 1. The molecule has 1 fully saturated rings. The lowest BCUT2D eigenvalue weighted by Gasteiger charge is -2.33. The highest BCUT2D eigenvalue weighted by molar-refractivity contribution is 7.91. The van der Waals surface area contributed by atoms with Gasteiger partial charge in [-0.2, -0.15) is 0 Å². The zero-order valence-corrected chi connectivity index (χ0v) is 17.0. The van der Waals surface area contributed by atoms with E-state index in [-0.39, 0.29) is 17.4 Å². The number of amides is 1. The normalized spacial score (nSPS) is 17.6. The zero-order valence-electron chi connectivity index (χ0n) is 15.4. The molecule has 0 spiro atoms. The van der Waals surface area contributed by atoms with Gasteiger partial charge in [0.05, 0.1) is 18.1 Å². The van der Waals surface area contributed by atoms with Gasteiger partial charge in [0.15, 0.2) is 9.84 Å². The lowest BCUT2D eigenvalue weighted by molar-refractivity contribution is -0.126. The quantitative estimate of drug-likeness (QED) is 0.693. The lowest BCUT2D eigenvalue weighted by atomic mass is 10.0. The Kier molecular flexibility index (Phi) is 6.93. The van der Waals surface area contributed by atoms with Gasteiger partial charge in [-0.3, -0.25) is 9.69 Å². The van der Waals surface area contributed by atoms with Crippen LogP contribution in [0.2, 0.25) is 5.02 Å². The van der Waals surface area contributed by atoms with Crippen molar-refractivity contribution >= 4 is 27.3 Å². The van der Waals surface area contributed by atoms with E-state index in [9.17, 15) is 13.2 Å². The van der Waals surface area contributed by atoms with Crippen LogP contribution >= 0.6 is 11.6 Å². The standard InChI is InChI=1S/C20H23ClN2O4S/c21-17-7-4-8-18(15-17)27-12-9-22-20(24)19(16-5-2-1-3-6-16)23-10-13-28(25,26)14-11-23/h1-8,15,19H,9-14H2,(H,22,24). The molecule has 1 saturated heterocycles. The van der Waals surface area contributed by atoms with Crippen LogP contribution in [-0.4, -0.2) is 57.0 Å². The molecular weight excluding hydrogens is 400 g/mol. The number of carbonyl (C=O) groups is 1. The molecule has 1 amide bonds. The SMILES string of the molecule is O=C(NCCOc1cccc(Cl)c1)C(c1ccccc1)N1CCS(=O)(=O)CC1. The van der Waals surface area contributed by atoms with Gasteiger partial charge in [0, 0.05) is 18.1 Å². The summed E-state index contributed by atoms with van der Waals surface area (Å²) in [5.74, 6) is 0.617. The van der Waals surface area contributed by atoms with Gasteiger partial charge in [0.25, 0.3) is 0 Å². The van der Waals surface area contributed by atoms with Crippen LogP contribution in [0.15, 0.2) is 54.6 Å². The molecule has 6 nitrogen and oxygen atoms in total. The van der Waals surface area contributed by atoms with Crippen molar-refractivity contribution < 1.29 is 17.9 Å². The second-order valence-corrected chi connectivity index (χ2v) is 9.34. The molecule has 2 aromatic carbocycles. The van der Waals surface area contributed by atoms with Gasteiger partial charge in [-0.25, -0.2) is 8.42 Å². The second kappa shape index (κ2) is 9.41. The van der Waals surface area contributed by atoms with E-state index < -0.39 is 15.9 Å². The summed E-state index contributed by atoms with van der Waals surface area (Å²) in [5, 5.41) is 3.48. The summed E-state index contributed by atoms with van der Waals surface area (Å²) < 4.78 is 29.1. The first-order valence-corrected chi connectivity index (χ1v) is 11.3. The molecule has 1 atom stereocenters. The van der Waals surface area contributed by atoms with Gasteiger partial charge in [0.1, 0.15) is 18.4 Å². The smallest absolute Gasteiger partial charge is 0.242 e. The minimum Gasteiger partial charge on any atom is -0.492 e. The van der Waals surface area contributed by atoms with E-state index in [1.54, 1.807) is 24.3 Å². The van der Waals surface area contributed by atoms with Crippen LogP contribution in [0.3, 0.4) is 0 Å². The Labute approximate surface area is 170 Å². The highest BCUT2D eigenvalue weighted by Crippen LogP contribution is 2.23. The number of halogens is 1. The molecule has 0 saturated carbocycles. The largest absolute Gasteiger partial charge is 0.492 e. The minimum absolute atomic E-state index is 0.0709. The van der Waals surface area contributed by atoms with Gasteiger partial charge < -0.3 is 10.1 Å². The van der Waals surface area contributed by atoms with Gasteiger partial charge in [0.2, 0.25) is 5.91 Å². The molecule has 1 aliphatic heterocycles. The third kappa shape index (κ3) is 5.70. The summed E-state index contributed by atoms with van der Waals surface area (Å²) in [7, 11) is -3.02. The minimum atomic E-state index is -3.02. The van der Waals surface area contributed by atoms with Crippen molar-refractivity contribution in [2.24, 2.45) is 0 Å². The third-order valence-electron chi connectivity index (χ3n) is 4.57. The van der Waals surface area contributed by atoms with Crippen molar-refractivity contribution in [2.75, 3.05) is 37.7 Å². The zero-order chi connectivity index (χ0) is 20.0. The first-order chi connectivity index (χ1) is 13.4. The summed E-state index contributed by atoms with van der Waals surface area (Å²) in [6, 6.07) is 16.0. The molecule has 3 rings (SSSR count). The van der Waals surface area contributed by atoms with E-state index in [0.717, 1.165) is 5.56 Å². The molecule has 1 aliphatic rings. The second-order valence-electron chi connectivity index (χ2n) is 6.60. The molecule has 0 bridgehead atoms. The van der Waals surface area contributed by atoms with Gasteiger partial charge in [-0.05, 0) is 23.8 Å². The van der Waals surface area contributed by atoms with Crippen molar-refractivity contribution in [1.29, 1.82) is 0 Å². The van der Waals surface area contributed by atoms with Crippen molar-refractivity contribution in [3.63, 3.8) is 0 Å². The number of hydrogen-bond acceptors (Lipinski definition) is 5. The fourth-order valence-corrected chi connectivity index (χ4v) is 4.55. The molecule has 150 valence electrons. The molecule has 0 aliphatic carbocycles. The molecule has 0 aromatic heterocycles. The topological polar surface area (TPSA) is 75.7 Å². The number of benzene rings is 2. The maximum absolute atomic E-state index is 12.9. The Morgan fingerprint density at radius 3 is 2.50 bits per heavy atom. The molecule has 28 heavy (non-hydrogen) atoms. The maximum Gasteiger partial charge on any atom is 0.242 e. The number of hydrogen-bond donors (Lipinski definition) is 1. The molecular formula is C20H23ClN2O4S. The van der Waals surface area contributed by atoms with Gasteiger partial charge >= 0.3 is 0 Å². The predicted molar refractivity (Wildman–Crippen MR) is 109 cm³/mol. The lowest BCUT2D eigenvalue weighted by Crippen LogP contribution is -2.48. The highest BCUT2D eigenvalue weighted by Gasteiger charge is 2.32. The van der Waals surface area contributed by atoms with Crippen molar-refractivity contribution in [3.8, 4) is 5.75 Å². The van der Waals surface area contributed by atoms with Crippen LogP contribution in [0.4, 0.5) is 0 Å². The fourth-order valence-electron chi connectivity index (χ4n) is 3.14. The monoisotopic (exact) mass is 422 g/mol. The Morgan fingerprint density at radius 2 is 1.82 bits per heavy atom. The van der Waals surface area contributed by atoms with Gasteiger partial charge in [-0.15, -0.1) is 0 Å². The van der Waals surface area contributed by atoms with Crippen LogP contribution in [0, 0.1) is 0 Å². The first-order valence-electron chi connectivity index (χ1n) is 9.10. The average molecular weight is 423 g/mol. The number of nitrogens with one attached hydrogen (secondary N) is 1. The maximum atomic E-state index is 12.9. The number of carbonyl (C=O) groups excluding carboxylic acids is 1. The van der Waals surface area contributed by atoms with E-state index in [2.05, 4.69) is 5.32 Å². The molecule has 8 heteroatoms. The first kappa shape index (κ1) is 20.6. The molecule has 1 heterocycles. The van der Waals surface area contributed by atoms with Crippen LogP contribution in [0.5, 0.6) is 5.75 Å². The number of nitrogens with zero attached hydrogens (tertiary/aromatic N) is 1. The van der Waals surface area contributed by atoms with E-state index >= 15 is 0 Å². The molecule has 0 radical (unpaired) electrons. The van der Waals surface area contributed by atoms with Crippen LogP contribution in [0.1, 0.15) is 11.6 Å². The van der Waals surface area contributed by atoms with Gasteiger partial charge in [-0.1, -0.05) is 48.0 Å². The summed E-state index contributed by atoms with van der Waals surface area (Å²) in [6.07, 6.45) is 0. The average Bonchev–Trinajstić information content (AvgIpc) is 2.68. The fraction of sp³-hybridized carbons (Fsp3) is 0.350. The Morgan fingerprint density at radius 1 is 1.11 bits per heavy atom. The molecule has 2 aromatic rings. The van der Waals surface area contributed by atoms with Crippen molar-refractivity contribution in [1.82, 2.24) is 10.2 Å². The van der Waals surface area contributed by atoms with Crippen molar-refractivity contribution in [2.45, 2.75) is 6.04 Å². The van der Waals surface area contributed by atoms with Crippen molar-refractivity contribution in [3.05, 3.63) is 65.2 Å². The van der Waals surface area contributed by atoms with E-state index in [1.807, 2.05) is 35.2 Å². The Hall–Kier alpha value is -2.09. The van der Waals surface area contributed by atoms with E-state index in [1.165, 1.54) is 0 Å². The Balaban J connectivity index is 1.60. The third-order valence-corrected chi connectivity index (χ3v) is 6.42. The number of rotatable bonds is 7. The van der Waals surface area contributed by atoms with E-state index in [4.69, 9.17) is 16.3 Å². The summed E-state index contributed by atoms with van der Waals surface area (Å²) in [4.78, 5) is 14.8. The predicted octanol–water partition coefficient (Wildman–Crippen LogP) is 2.31. The Bertz CT molecular complexity index is 891.